The van der Waals surface area contributed by atoms with E-state index in [0.717, 1.165) is 11.3 Å². The zero-order valence-electron chi connectivity index (χ0n) is 12.3. The van der Waals surface area contributed by atoms with Gasteiger partial charge in [0.05, 0.1) is 12.2 Å². The smallest absolute Gasteiger partial charge is 0.269 e. The van der Waals surface area contributed by atoms with Crippen LogP contribution in [0.1, 0.15) is 11.3 Å². The van der Waals surface area contributed by atoms with Crippen molar-refractivity contribution in [2.24, 2.45) is 0 Å². The molecule has 2 aromatic carbocycles. The van der Waals surface area contributed by atoms with E-state index in [4.69, 9.17) is 0 Å². The number of aromatic nitrogens is 2. The van der Waals surface area contributed by atoms with Gasteiger partial charge in [0.2, 0.25) is 0 Å². The normalized spacial score (nSPS) is 10.6. The molecule has 0 N–H and O–H groups in total. The first kappa shape index (κ1) is 14.1. The lowest BCUT2D eigenvalue weighted by Gasteiger charge is -2.13. The highest BCUT2D eigenvalue weighted by Gasteiger charge is 2.10. The van der Waals surface area contributed by atoms with E-state index >= 15 is 0 Å². The summed E-state index contributed by atoms with van der Waals surface area (Å²) in [6, 6.07) is 20.3. The molecule has 0 unspecified atom stereocenters. The van der Waals surface area contributed by atoms with Gasteiger partial charge in [-0.2, -0.15) is 0 Å². The molecule has 0 fully saturated rings. The van der Waals surface area contributed by atoms with E-state index in [1.165, 1.54) is 10.6 Å². The van der Waals surface area contributed by atoms with Crippen LogP contribution in [0.5, 0.6) is 0 Å². The lowest BCUT2D eigenvalue weighted by Crippen LogP contribution is -2.40. The van der Waals surface area contributed by atoms with Crippen LogP contribution in [0.15, 0.2) is 76.3 Å². The summed E-state index contributed by atoms with van der Waals surface area (Å²) in [7, 11) is 0. The van der Waals surface area contributed by atoms with Gasteiger partial charge in [-0.3, -0.25) is 13.9 Å². The lowest BCUT2D eigenvalue weighted by atomic mass is 10.2. The van der Waals surface area contributed by atoms with Crippen molar-refractivity contribution >= 4 is 0 Å². The number of hydrogen-bond donors (Lipinski definition) is 0. The van der Waals surface area contributed by atoms with Crippen LogP contribution in [0, 0.1) is 6.92 Å². The molecule has 3 rings (SSSR count). The van der Waals surface area contributed by atoms with Crippen molar-refractivity contribution in [2.75, 3.05) is 0 Å². The second-order valence-electron chi connectivity index (χ2n) is 5.15. The van der Waals surface area contributed by atoms with Gasteiger partial charge in [0.25, 0.3) is 5.56 Å². The third-order valence-electron chi connectivity index (χ3n) is 3.57. The first-order valence-corrected chi connectivity index (χ1v) is 7.09. The van der Waals surface area contributed by atoms with Gasteiger partial charge in [0, 0.05) is 11.8 Å². The van der Waals surface area contributed by atoms with Crippen LogP contribution in [0.4, 0.5) is 0 Å². The molecule has 0 amide bonds. The average Bonchev–Trinajstić information content (AvgIpc) is 2.53. The molecule has 4 heteroatoms. The first-order valence-electron chi connectivity index (χ1n) is 7.09. The second-order valence-corrected chi connectivity index (χ2v) is 5.15. The number of hydrogen-bond acceptors (Lipinski definition) is 2. The first-order chi connectivity index (χ1) is 10.7. The van der Waals surface area contributed by atoms with Crippen LogP contribution in [-0.2, 0) is 6.54 Å². The number of benzene rings is 2. The van der Waals surface area contributed by atoms with Gasteiger partial charge < -0.3 is 0 Å². The standard InChI is InChI=1S/C18H16N2O2/c1-14-12-17(21)19(13-15-8-4-2-5-9-15)18(22)20(14)16-10-6-3-7-11-16/h2-12H,13H2,1H3. The Hall–Kier alpha value is -2.88. The van der Waals surface area contributed by atoms with E-state index in [0.29, 0.717) is 5.69 Å². The molecule has 110 valence electrons. The number of nitrogens with zero attached hydrogens (tertiary/aromatic N) is 2. The van der Waals surface area contributed by atoms with E-state index in [1.54, 1.807) is 11.5 Å². The highest BCUT2D eigenvalue weighted by molar-refractivity contribution is 5.33. The zero-order chi connectivity index (χ0) is 15.5. The van der Waals surface area contributed by atoms with Gasteiger partial charge >= 0.3 is 5.69 Å². The van der Waals surface area contributed by atoms with Crippen LogP contribution in [0.3, 0.4) is 0 Å². The Balaban J connectivity index is 2.16. The van der Waals surface area contributed by atoms with E-state index in [-0.39, 0.29) is 17.8 Å². The third kappa shape index (κ3) is 2.63. The van der Waals surface area contributed by atoms with Gasteiger partial charge in [0.1, 0.15) is 0 Å². The number of aryl methyl sites for hydroxylation is 1. The maximum absolute atomic E-state index is 12.7. The van der Waals surface area contributed by atoms with Crippen molar-refractivity contribution in [3.8, 4) is 5.69 Å². The van der Waals surface area contributed by atoms with Gasteiger partial charge in [-0.25, -0.2) is 4.79 Å². The Morgan fingerprint density at radius 1 is 0.864 bits per heavy atom. The minimum absolute atomic E-state index is 0.269. The summed E-state index contributed by atoms with van der Waals surface area (Å²) < 4.78 is 2.82. The molecule has 1 heterocycles. The Kier molecular flexibility index (Phi) is 3.74. The third-order valence-corrected chi connectivity index (χ3v) is 3.57. The van der Waals surface area contributed by atoms with Gasteiger partial charge in [-0.1, -0.05) is 48.5 Å². The van der Waals surface area contributed by atoms with Crippen LogP contribution in [-0.4, -0.2) is 9.13 Å². The van der Waals surface area contributed by atoms with Crippen molar-refractivity contribution in [3.63, 3.8) is 0 Å². The maximum Gasteiger partial charge on any atom is 0.336 e. The predicted molar refractivity (Wildman–Crippen MR) is 86.6 cm³/mol. The maximum atomic E-state index is 12.7. The summed E-state index contributed by atoms with van der Waals surface area (Å²) in [6.45, 7) is 2.04. The SMILES string of the molecule is Cc1cc(=O)n(Cc2ccccc2)c(=O)n1-c1ccccc1. The molecule has 1 aromatic heterocycles. The highest BCUT2D eigenvalue weighted by atomic mass is 16.2. The second kappa shape index (κ2) is 5.85. The van der Waals surface area contributed by atoms with Crippen molar-refractivity contribution < 1.29 is 0 Å². The van der Waals surface area contributed by atoms with Crippen molar-refractivity contribution in [2.45, 2.75) is 13.5 Å². The van der Waals surface area contributed by atoms with Crippen molar-refractivity contribution in [1.29, 1.82) is 0 Å². The molecule has 0 aliphatic rings. The summed E-state index contributed by atoms with van der Waals surface area (Å²) in [5, 5.41) is 0. The Bertz CT molecular complexity index is 894. The fourth-order valence-electron chi connectivity index (χ4n) is 2.49. The summed E-state index contributed by atoms with van der Waals surface area (Å²) in [5.41, 5.74) is 1.71. The van der Waals surface area contributed by atoms with Gasteiger partial charge in [-0.15, -0.1) is 0 Å². The average molecular weight is 292 g/mol. The Labute approximate surface area is 127 Å². The number of rotatable bonds is 3. The lowest BCUT2D eigenvalue weighted by molar-refractivity contribution is 0.658. The monoisotopic (exact) mass is 292 g/mol. The Morgan fingerprint density at radius 3 is 2.09 bits per heavy atom. The highest BCUT2D eigenvalue weighted by Crippen LogP contribution is 2.06. The van der Waals surface area contributed by atoms with E-state index < -0.39 is 0 Å². The summed E-state index contributed by atoms with van der Waals surface area (Å²) in [5.74, 6) is 0. The number of para-hydroxylation sites is 1. The van der Waals surface area contributed by atoms with E-state index in [9.17, 15) is 9.59 Å². The molecule has 0 radical (unpaired) electrons. The van der Waals surface area contributed by atoms with Gasteiger partial charge in [0.15, 0.2) is 0 Å². The zero-order valence-corrected chi connectivity index (χ0v) is 12.3. The molecule has 0 atom stereocenters. The van der Waals surface area contributed by atoms with Crippen molar-refractivity contribution in [1.82, 2.24) is 9.13 Å². The predicted octanol–water partition coefficient (Wildman–Crippen LogP) is 2.36. The largest absolute Gasteiger partial charge is 0.336 e. The molecule has 0 aliphatic heterocycles. The fourth-order valence-corrected chi connectivity index (χ4v) is 2.49. The topological polar surface area (TPSA) is 44.0 Å². The molecule has 22 heavy (non-hydrogen) atoms. The molecule has 0 spiro atoms. The molecule has 0 saturated heterocycles. The minimum atomic E-state index is -0.319. The summed E-state index contributed by atoms with van der Waals surface area (Å²) in [6.07, 6.45) is 0. The molecule has 0 bridgehead atoms. The van der Waals surface area contributed by atoms with Crippen molar-refractivity contribution in [3.05, 3.63) is 98.8 Å². The minimum Gasteiger partial charge on any atom is -0.269 e. The van der Waals surface area contributed by atoms with Crippen LogP contribution < -0.4 is 11.2 Å². The van der Waals surface area contributed by atoms with Crippen LogP contribution >= 0.6 is 0 Å². The molecule has 0 aliphatic carbocycles. The molecular weight excluding hydrogens is 276 g/mol. The van der Waals surface area contributed by atoms with E-state index in [2.05, 4.69) is 0 Å². The fraction of sp³-hybridized carbons (Fsp3) is 0.111. The Morgan fingerprint density at radius 2 is 1.45 bits per heavy atom. The molecular formula is C18H16N2O2. The van der Waals surface area contributed by atoms with Gasteiger partial charge in [-0.05, 0) is 24.6 Å². The molecule has 3 aromatic rings. The van der Waals surface area contributed by atoms with E-state index in [1.807, 2.05) is 60.7 Å². The summed E-state index contributed by atoms with van der Waals surface area (Å²) >= 11 is 0. The van der Waals surface area contributed by atoms with Crippen LogP contribution in [0.25, 0.3) is 5.69 Å². The summed E-state index contributed by atoms with van der Waals surface area (Å²) in [4.78, 5) is 24.9. The quantitative estimate of drug-likeness (QED) is 0.744. The molecule has 4 nitrogen and oxygen atoms in total. The molecule has 0 saturated carbocycles. The van der Waals surface area contributed by atoms with Crippen LogP contribution in [0.2, 0.25) is 0 Å².